The van der Waals surface area contributed by atoms with Crippen LogP contribution in [-0.4, -0.2) is 19.5 Å². The van der Waals surface area contributed by atoms with Crippen LogP contribution >= 0.6 is 22.6 Å². The highest BCUT2D eigenvalue weighted by molar-refractivity contribution is 14.1. The fourth-order valence-corrected chi connectivity index (χ4v) is 1.84. The molecule has 0 aromatic heterocycles. The van der Waals surface area contributed by atoms with Crippen molar-refractivity contribution in [1.29, 1.82) is 0 Å². The maximum absolute atomic E-state index is 5.61. The quantitative estimate of drug-likeness (QED) is 0.551. The number of halogens is 1. The van der Waals surface area contributed by atoms with E-state index >= 15 is 0 Å². The highest BCUT2D eigenvalue weighted by Gasteiger charge is 2.12. The molecule has 3 heteroatoms. The van der Waals surface area contributed by atoms with E-state index in [-0.39, 0.29) is 6.29 Å². The van der Waals surface area contributed by atoms with Crippen LogP contribution < -0.4 is 0 Å². The molecule has 0 aromatic rings. The second-order valence-corrected chi connectivity index (χ2v) is 4.24. The molecule has 0 spiro atoms. The molecule has 2 nitrogen and oxygen atoms in total. The lowest BCUT2D eigenvalue weighted by Crippen LogP contribution is -2.22. The Labute approximate surface area is 100 Å². The summed E-state index contributed by atoms with van der Waals surface area (Å²) in [6.45, 7) is 1.72. The van der Waals surface area contributed by atoms with Crippen molar-refractivity contribution >= 4 is 22.6 Å². The number of rotatable bonds is 6. The minimum absolute atomic E-state index is 0.0869. The zero-order valence-corrected chi connectivity index (χ0v) is 10.7. The first-order valence-electron chi connectivity index (χ1n) is 5.42. The number of hydrogen-bond acceptors (Lipinski definition) is 2. The summed E-state index contributed by atoms with van der Waals surface area (Å²) in [4.78, 5) is 0. The van der Waals surface area contributed by atoms with Crippen molar-refractivity contribution in [3.63, 3.8) is 0 Å². The minimum atomic E-state index is 0.0869. The van der Waals surface area contributed by atoms with Gasteiger partial charge in [0.25, 0.3) is 0 Å². The molecule has 0 bridgehead atoms. The summed E-state index contributed by atoms with van der Waals surface area (Å²) in [5, 5.41) is 0. The first-order chi connectivity index (χ1) is 6.93. The van der Waals surface area contributed by atoms with E-state index in [1.807, 2.05) is 0 Å². The molecule has 1 atom stereocenters. The molecule has 0 radical (unpaired) electrons. The summed E-state index contributed by atoms with van der Waals surface area (Å²) in [7, 11) is 0. The lowest BCUT2D eigenvalue weighted by atomic mass is 10.2. The van der Waals surface area contributed by atoms with E-state index in [1.54, 1.807) is 0 Å². The van der Waals surface area contributed by atoms with Gasteiger partial charge < -0.3 is 9.47 Å². The summed E-state index contributed by atoms with van der Waals surface area (Å²) in [5.74, 6) is 0. The van der Waals surface area contributed by atoms with Gasteiger partial charge in [0, 0.05) is 13.2 Å². The molecule has 0 saturated carbocycles. The standard InChI is InChI=1S/C11H19IO2/c12-8-4-1-2-5-9-13-11-7-3-6-10-14-11/h4,8,11H,1-3,5-7,9-10H2/b8-4-. The third-order valence-electron chi connectivity index (χ3n) is 2.30. The first kappa shape index (κ1) is 12.5. The molecule has 1 aliphatic rings. The highest BCUT2D eigenvalue weighted by Crippen LogP contribution is 2.14. The molecule has 0 aromatic carbocycles. The van der Waals surface area contributed by atoms with Crippen LogP contribution in [0.25, 0.3) is 0 Å². The third kappa shape index (κ3) is 5.98. The van der Waals surface area contributed by atoms with Gasteiger partial charge in [-0.05, 0) is 42.6 Å². The molecular formula is C11H19IO2. The van der Waals surface area contributed by atoms with E-state index in [0.29, 0.717) is 0 Å². The van der Waals surface area contributed by atoms with Gasteiger partial charge in [-0.25, -0.2) is 0 Å². The van der Waals surface area contributed by atoms with Gasteiger partial charge in [0.05, 0.1) is 0 Å². The second kappa shape index (κ2) is 8.68. The fraction of sp³-hybridized carbons (Fsp3) is 0.818. The summed E-state index contributed by atoms with van der Waals surface area (Å²) in [6.07, 6.45) is 9.32. The van der Waals surface area contributed by atoms with E-state index < -0.39 is 0 Å². The lowest BCUT2D eigenvalue weighted by Gasteiger charge is -2.22. The van der Waals surface area contributed by atoms with E-state index in [9.17, 15) is 0 Å². The van der Waals surface area contributed by atoms with E-state index in [1.165, 1.54) is 19.3 Å². The van der Waals surface area contributed by atoms with Crippen molar-refractivity contribution in [2.75, 3.05) is 13.2 Å². The van der Waals surface area contributed by atoms with Gasteiger partial charge in [-0.1, -0.05) is 28.7 Å². The molecule has 1 heterocycles. The van der Waals surface area contributed by atoms with Gasteiger partial charge in [0.15, 0.2) is 6.29 Å². The summed E-state index contributed by atoms with van der Waals surface area (Å²) >= 11 is 2.25. The van der Waals surface area contributed by atoms with Gasteiger partial charge in [-0.15, -0.1) is 0 Å². The molecule has 1 unspecified atom stereocenters. The zero-order chi connectivity index (χ0) is 10.1. The van der Waals surface area contributed by atoms with Gasteiger partial charge >= 0.3 is 0 Å². The fourth-order valence-electron chi connectivity index (χ4n) is 1.48. The lowest BCUT2D eigenvalue weighted by molar-refractivity contribution is -0.162. The van der Waals surface area contributed by atoms with Crippen molar-refractivity contribution in [2.24, 2.45) is 0 Å². The maximum Gasteiger partial charge on any atom is 0.157 e. The number of ether oxygens (including phenoxy) is 2. The second-order valence-electron chi connectivity index (χ2n) is 3.52. The Balaban J connectivity index is 1.87. The average Bonchev–Trinajstić information content (AvgIpc) is 2.25. The SMILES string of the molecule is I/C=C\CCCCOC1CCCCO1. The molecule has 1 aliphatic heterocycles. The van der Waals surface area contributed by atoms with Crippen LogP contribution in [0.15, 0.2) is 10.2 Å². The van der Waals surface area contributed by atoms with Crippen LogP contribution in [-0.2, 0) is 9.47 Å². The molecule has 0 aliphatic carbocycles. The monoisotopic (exact) mass is 310 g/mol. The zero-order valence-electron chi connectivity index (χ0n) is 8.58. The average molecular weight is 310 g/mol. The summed E-state index contributed by atoms with van der Waals surface area (Å²) in [6, 6.07) is 0. The molecular weight excluding hydrogens is 291 g/mol. The van der Waals surface area contributed by atoms with Crippen LogP contribution in [0.2, 0.25) is 0 Å². The van der Waals surface area contributed by atoms with Gasteiger partial charge in [0.2, 0.25) is 0 Å². The number of allylic oxidation sites excluding steroid dienone is 1. The third-order valence-corrected chi connectivity index (χ3v) is 2.80. The van der Waals surface area contributed by atoms with E-state index in [2.05, 4.69) is 32.7 Å². The molecule has 1 saturated heterocycles. The highest BCUT2D eigenvalue weighted by atomic mass is 127. The Morgan fingerprint density at radius 1 is 1.36 bits per heavy atom. The Hall–Kier alpha value is 0.390. The number of hydrogen-bond donors (Lipinski definition) is 0. The summed E-state index contributed by atoms with van der Waals surface area (Å²) < 4.78 is 13.2. The molecule has 82 valence electrons. The van der Waals surface area contributed by atoms with Crippen molar-refractivity contribution in [2.45, 2.75) is 44.8 Å². The van der Waals surface area contributed by atoms with Crippen molar-refractivity contribution in [3.8, 4) is 0 Å². The normalized spacial score (nSPS) is 23.1. The Morgan fingerprint density at radius 2 is 2.29 bits per heavy atom. The molecule has 0 amide bonds. The molecule has 14 heavy (non-hydrogen) atoms. The van der Waals surface area contributed by atoms with Gasteiger partial charge in [-0.2, -0.15) is 0 Å². The minimum Gasteiger partial charge on any atom is -0.353 e. The first-order valence-corrected chi connectivity index (χ1v) is 6.66. The number of unbranched alkanes of at least 4 members (excludes halogenated alkanes) is 2. The van der Waals surface area contributed by atoms with Crippen LogP contribution in [0.5, 0.6) is 0 Å². The topological polar surface area (TPSA) is 18.5 Å². The summed E-state index contributed by atoms with van der Waals surface area (Å²) in [5.41, 5.74) is 0. The van der Waals surface area contributed by atoms with Crippen molar-refractivity contribution < 1.29 is 9.47 Å². The Bertz CT molecular complexity index is 153. The van der Waals surface area contributed by atoms with Gasteiger partial charge in [-0.3, -0.25) is 0 Å². The Kier molecular flexibility index (Phi) is 7.72. The predicted molar refractivity (Wildman–Crippen MR) is 66.6 cm³/mol. The maximum atomic E-state index is 5.61. The molecule has 1 rings (SSSR count). The van der Waals surface area contributed by atoms with E-state index in [4.69, 9.17) is 9.47 Å². The molecule has 0 N–H and O–H groups in total. The van der Waals surface area contributed by atoms with Crippen molar-refractivity contribution in [3.05, 3.63) is 10.2 Å². The molecule has 1 fully saturated rings. The smallest absolute Gasteiger partial charge is 0.157 e. The van der Waals surface area contributed by atoms with Crippen LogP contribution in [0.4, 0.5) is 0 Å². The van der Waals surface area contributed by atoms with Crippen LogP contribution in [0.1, 0.15) is 38.5 Å². The largest absolute Gasteiger partial charge is 0.353 e. The Morgan fingerprint density at radius 3 is 3.00 bits per heavy atom. The van der Waals surface area contributed by atoms with E-state index in [0.717, 1.165) is 32.5 Å². The van der Waals surface area contributed by atoms with Crippen LogP contribution in [0, 0.1) is 0 Å². The van der Waals surface area contributed by atoms with Gasteiger partial charge in [0.1, 0.15) is 0 Å². The van der Waals surface area contributed by atoms with Crippen LogP contribution in [0.3, 0.4) is 0 Å². The predicted octanol–water partition coefficient (Wildman–Crippen LogP) is 3.65. The van der Waals surface area contributed by atoms with Crippen molar-refractivity contribution in [1.82, 2.24) is 0 Å².